The summed E-state index contributed by atoms with van der Waals surface area (Å²) in [5, 5.41) is 0.214. The number of nitrogen functional groups attached to an aromatic ring is 1. The SMILES string of the molecule is CC.COC(=O)c1nc(Cl)c(C)c(N)c1Cl. The van der Waals surface area contributed by atoms with Gasteiger partial charge in [0.2, 0.25) is 0 Å². The molecule has 0 aliphatic carbocycles. The number of hydrogen-bond donors (Lipinski definition) is 1. The number of methoxy groups -OCH3 is 1. The van der Waals surface area contributed by atoms with Crippen LogP contribution in [0.4, 0.5) is 5.69 Å². The largest absolute Gasteiger partial charge is 0.464 e. The maximum atomic E-state index is 11.2. The first-order chi connectivity index (χ1) is 7.49. The van der Waals surface area contributed by atoms with E-state index in [2.05, 4.69) is 9.72 Å². The highest BCUT2D eigenvalue weighted by Crippen LogP contribution is 2.29. The zero-order valence-electron chi connectivity index (χ0n) is 9.60. The summed E-state index contributed by atoms with van der Waals surface area (Å²) in [6, 6.07) is 0. The lowest BCUT2D eigenvalue weighted by Crippen LogP contribution is -2.08. The molecule has 0 amide bonds. The Morgan fingerprint density at radius 1 is 1.38 bits per heavy atom. The molecule has 6 heteroatoms. The Balaban J connectivity index is 0.00000106. The zero-order chi connectivity index (χ0) is 12.9. The summed E-state index contributed by atoms with van der Waals surface area (Å²) in [7, 11) is 1.23. The van der Waals surface area contributed by atoms with Gasteiger partial charge in [0.05, 0.1) is 17.8 Å². The molecule has 0 aliphatic heterocycles. The first kappa shape index (κ1) is 15.0. The molecule has 0 aliphatic rings. The number of nitrogens with two attached hydrogens (primary N) is 1. The molecule has 0 bridgehead atoms. The van der Waals surface area contributed by atoms with E-state index >= 15 is 0 Å². The van der Waals surface area contributed by atoms with E-state index < -0.39 is 5.97 Å². The monoisotopic (exact) mass is 264 g/mol. The maximum Gasteiger partial charge on any atom is 0.358 e. The second-order valence-corrected chi connectivity index (χ2v) is 3.33. The molecule has 2 N–H and O–H groups in total. The number of esters is 1. The molecule has 16 heavy (non-hydrogen) atoms. The van der Waals surface area contributed by atoms with Crippen molar-refractivity contribution in [1.82, 2.24) is 4.98 Å². The molecule has 0 fully saturated rings. The highest BCUT2D eigenvalue weighted by Gasteiger charge is 2.18. The van der Waals surface area contributed by atoms with Crippen LogP contribution in [0, 0.1) is 6.92 Å². The van der Waals surface area contributed by atoms with Gasteiger partial charge >= 0.3 is 5.97 Å². The fourth-order valence-corrected chi connectivity index (χ4v) is 1.31. The number of halogens is 2. The number of hydrogen-bond acceptors (Lipinski definition) is 4. The van der Waals surface area contributed by atoms with Crippen LogP contribution in [0.1, 0.15) is 29.9 Å². The Morgan fingerprint density at radius 2 is 1.88 bits per heavy atom. The third-order valence-electron chi connectivity index (χ3n) is 1.75. The van der Waals surface area contributed by atoms with Crippen LogP contribution in [0.25, 0.3) is 0 Å². The molecule has 90 valence electrons. The van der Waals surface area contributed by atoms with Crippen molar-refractivity contribution >= 4 is 34.9 Å². The van der Waals surface area contributed by atoms with Crippen molar-refractivity contribution < 1.29 is 9.53 Å². The second-order valence-electron chi connectivity index (χ2n) is 2.60. The Hall–Kier alpha value is -1.00. The molecule has 0 unspecified atom stereocenters. The van der Waals surface area contributed by atoms with E-state index in [0.29, 0.717) is 5.56 Å². The van der Waals surface area contributed by atoms with Gasteiger partial charge in [0.1, 0.15) is 5.15 Å². The predicted molar refractivity (Wildman–Crippen MR) is 66.1 cm³/mol. The maximum absolute atomic E-state index is 11.2. The van der Waals surface area contributed by atoms with Gasteiger partial charge in [-0.2, -0.15) is 0 Å². The molecular formula is C10H14Cl2N2O2. The first-order valence-electron chi connectivity index (χ1n) is 4.68. The Bertz CT molecular complexity index is 395. The summed E-state index contributed by atoms with van der Waals surface area (Å²) >= 11 is 11.5. The summed E-state index contributed by atoms with van der Waals surface area (Å²) in [6.07, 6.45) is 0. The molecule has 0 atom stereocenters. The molecule has 0 aromatic carbocycles. The van der Waals surface area contributed by atoms with E-state index in [1.807, 2.05) is 13.8 Å². The van der Waals surface area contributed by atoms with Crippen molar-refractivity contribution in [2.75, 3.05) is 12.8 Å². The predicted octanol–water partition coefficient (Wildman–Crippen LogP) is 3.09. The fraction of sp³-hybridized carbons (Fsp3) is 0.400. The van der Waals surface area contributed by atoms with Gasteiger partial charge in [-0.1, -0.05) is 37.0 Å². The number of anilines is 1. The topological polar surface area (TPSA) is 65.2 Å². The highest BCUT2D eigenvalue weighted by molar-refractivity contribution is 6.37. The first-order valence-corrected chi connectivity index (χ1v) is 5.44. The smallest absolute Gasteiger partial charge is 0.358 e. The van der Waals surface area contributed by atoms with Crippen molar-refractivity contribution in [3.05, 3.63) is 21.4 Å². The molecule has 4 nitrogen and oxygen atoms in total. The Labute approximate surface area is 105 Å². The van der Waals surface area contributed by atoms with Crippen LogP contribution >= 0.6 is 23.2 Å². The van der Waals surface area contributed by atoms with Crippen LogP contribution in [-0.2, 0) is 4.74 Å². The van der Waals surface area contributed by atoms with Crippen LogP contribution in [0.2, 0.25) is 10.2 Å². The molecule has 0 radical (unpaired) electrons. The van der Waals surface area contributed by atoms with Crippen LogP contribution in [0.5, 0.6) is 0 Å². The van der Waals surface area contributed by atoms with Crippen molar-refractivity contribution in [1.29, 1.82) is 0 Å². The second kappa shape index (κ2) is 6.55. The van der Waals surface area contributed by atoms with Crippen LogP contribution in [0.3, 0.4) is 0 Å². The average molecular weight is 265 g/mol. The molecule has 0 saturated carbocycles. The van der Waals surface area contributed by atoms with Gasteiger partial charge in [0, 0.05) is 5.56 Å². The third-order valence-corrected chi connectivity index (χ3v) is 2.50. The number of pyridine rings is 1. The van der Waals surface area contributed by atoms with Gasteiger partial charge in [0.25, 0.3) is 0 Å². The van der Waals surface area contributed by atoms with Crippen molar-refractivity contribution in [2.45, 2.75) is 20.8 Å². The van der Waals surface area contributed by atoms with Gasteiger partial charge in [0.15, 0.2) is 5.69 Å². The zero-order valence-corrected chi connectivity index (χ0v) is 11.1. The van der Waals surface area contributed by atoms with Gasteiger partial charge < -0.3 is 10.5 Å². The normalized spacial score (nSPS) is 9.12. The fourth-order valence-electron chi connectivity index (χ4n) is 0.866. The van der Waals surface area contributed by atoms with Crippen molar-refractivity contribution in [2.24, 2.45) is 0 Å². The van der Waals surface area contributed by atoms with Gasteiger partial charge in [-0.15, -0.1) is 0 Å². The quantitative estimate of drug-likeness (QED) is 0.626. The summed E-state index contributed by atoms with van der Waals surface area (Å²) in [5.74, 6) is -0.663. The lowest BCUT2D eigenvalue weighted by atomic mass is 10.2. The van der Waals surface area contributed by atoms with E-state index in [-0.39, 0.29) is 21.6 Å². The molecule has 0 saturated heterocycles. The van der Waals surface area contributed by atoms with Gasteiger partial charge in [-0.05, 0) is 6.92 Å². The van der Waals surface area contributed by atoms with Crippen molar-refractivity contribution in [3.8, 4) is 0 Å². The minimum absolute atomic E-state index is 0.0673. The van der Waals surface area contributed by atoms with Crippen LogP contribution in [0.15, 0.2) is 0 Å². The Morgan fingerprint density at radius 3 is 2.31 bits per heavy atom. The third kappa shape index (κ3) is 3.00. The lowest BCUT2D eigenvalue weighted by molar-refractivity contribution is 0.0594. The number of aromatic nitrogens is 1. The molecular weight excluding hydrogens is 251 g/mol. The van der Waals surface area contributed by atoms with Crippen molar-refractivity contribution in [3.63, 3.8) is 0 Å². The molecule has 1 heterocycles. The summed E-state index contributed by atoms with van der Waals surface area (Å²) in [6.45, 7) is 5.66. The highest BCUT2D eigenvalue weighted by atomic mass is 35.5. The van der Waals surface area contributed by atoms with E-state index in [1.54, 1.807) is 6.92 Å². The van der Waals surface area contributed by atoms with Crippen LogP contribution in [-0.4, -0.2) is 18.1 Å². The summed E-state index contributed by atoms with van der Waals surface area (Å²) in [4.78, 5) is 14.9. The van der Waals surface area contributed by atoms with E-state index in [1.165, 1.54) is 7.11 Å². The average Bonchev–Trinajstić information content (AvgIpc) is 2.32. The lowest BCUT2D eigenvalue weighted by Gasteiger charge is -2.08. The summed E-state index contributed by atoms with van der Waals surface area (Å²) < 4.78 is 4.47. The number of carbonyl (C=O) groups excluding carboxylic acids is 1. The number of ether oxygens (including phenoxy) is 1. The number of carbonyl (C=O) groups is 1. The minimum Gasteiger partial charge on any atom is -0.464 e. The number of rotatable bonds is 1. The minimum atomic E-state index is -0.663. The standard InChI is InChI=1S/C8H8Cl2N2O2.C2H6/c1-3-5(11)4(9)6(8(13)14-2)12-7(3)10;1-2/h1-2H3,(H2,11,12);1-2H3. The van der Waals surface area contributed by atoms with E-state index in [0.717, 1.165) is 0 Å². The summed E-state index contributed by atoms with van der Waals surface area (Å²) in [5.41, 5.74) is 6.33. The van der Waals surface area contributed by atoms with Crippen LogP contribution < -0.4 is 5.73 Å². The van der Waals surface area contributed by atoms with E-state index in [4.69, 9.17) is 28.9 Å². The number of nitrogens with zero attached hydrogens (tertiary/aromatic N) is 1. The molecule has 1 aromatic heterocycles. The van der Waals surface area contributed by atoms with Gasteiger partial charge in [-0.3, -0.25) is 0 Å². The molecule has 1 aromatic rings. The molecule has 0 spiro atoms. The van der Waals surface area contributed by atoms with Gasteiger partial charge in [-0.25, -0.2) is 9.78 Å². The Kier molecular flexibility index (Phi) is 6.14. The van der Waals surface area contributed by atoms with E-state index in [9.17, 15) is 4.79 Å². The molecule has 1 rings (SSSR count).